The van der Waals surface area contributed by atoms with E-state index in [4.69, 9.17) is 37.8 Å². The van der Waals surface area contributed by atoms with Gasteiger partial charge in [0.2, 0.25) is 5.72 Å². The molecule has 3 aliphatic heterocycles. The fraction of sp³-hybridized carbons (Fsp3) is 0.409. The number of hydrogen-bond donors (Lipinski definition) is 0. The zero-order chi connectivity index (χ0) is 20.4. The molecule has 4 nitrogen and oxygen atoms in total. The van der Waals surface area contributed by atoms with Gasteiger partial charge in [-0.2, -0.15) is 5.10 Å². The zero-order valence-electron chi connectivity index (χ0n) is 16.2. The normalized spacial score (nSPS) is 27.3. The number of halogens is 3. The van der Waals surface area contributed by atoms with Crippen LogP contribution in [-0.4, -0.2) is 28.7 Å². The second-order valence-electron chi connectivity index (χ2n) is 8.50. The van der Waals surface area contributed by atoms with E-state index in [1.165, 1.54) is 0 Å². The second kappa shape index (κ2) is 6.88. The van der Waals surface area contributed by atoms with Crippen molar-refractivity contribution in [3.63, 3.8) is 0 Å². The first kappa shape index (κ1) is 19.7. The van der Waals surface area contributed by atoms with Crippen molar-refractivity contribution in [2.75, 3.05) is 6.61 Å². The predicted octanol–water partition coefficient (Wildman–Crippen LogP) is 6.58. The molecule has 0 amide bonds. The van der Waals surface area contributed by atoms with E-state index < -0.39 is 5.72 Å². The Balaban J connectivity index is 1.63. The van der Waals surface area contributed by atoms with E-state index in [1.54, 1.807) is 6.07 Å². The van der Waals surface area contributed by atoms with Crippen molar-refractivity contribution >= 4 is 44.8 Å². The average molecular weight is 496 g/mol. The first-order valence-electron chi connectivity index (χ1n) is 9.71. The molecule has 5 rings (SSSR count). The molecule has 1 saturated heterocycles. The maximum atomic E-state index is 6.66. The van der Waals surface area contributed by atoms with E-state index in [9.17, 15) is 0 Å². The predicted molar refractivity (Wildman–Crippen MR) is 119 cm³/mol. The van der Waals surface area contributed by atoms with Gasteiger partial charge in [-0.15, -0.1) is 0 Å². The second-order valence-corrected chi connectivity index (χ2v) is 10.3. The van der Waals surface area contributed by atoms with Gasteiger partial charge >= 0.3 is 0 Å². The van der Waals surface area contributed by atoms with Crippen molar-refractivity contribution < 1.29 is 9.47 Å². The Morgan fingerprint density at radius 1 is 1.17 bits per heavy atom. The lowest BCUT2D eigenvalue weighted by molar-refractivity contribution is -0.212. The highest BCUT2D eigenvalue weighted by Gasteiger charge is 2.54. The third-order valence-corrected chi connectivity index (χ3v) is 6.93. The molecular weight excluding hydrogens is 475 g/mol. The summed E-state index contributed by atoms with van der Waals surface area (Å²) in [5, 5.41) is 8.47. The molecule has 3 heterocycles. The van der Waals surface area contributed by atoms with Gasteiger partial charge in [0.25, 0.3) is 0 Å². The summed E-state index contributed by atoms with van der Waals surface area (Å²) < 4.78 is 13.7. The van der Waals surface area contributed by atoms with E-state index in [0.717, 1.165) is 46.3 Å². The molecule has 0 aromatic heterocycles. The van der Waals surface area contributed by atoms with Gasteiger partial charge in [0.05, 0.1) is 29.0 Å². The fourth-order valence-electron chi connectivity index (χ4n) is 4.71. The summed E-state index contributed by atoms with van der Waals surface area (Å²) in [7, 11) is 0. The molecule has 0 unspecified atom stereocenters. The third kappa shape index (κ3) is 3.36. The van der Waals surface area contributed by atoms with Gasteiger partial charge in [-0.05, 0) is 44.2 Å². The minimum absolute atomic E-state index is 0.0897. The summed E-state index contributed by atoms with van der Waals surface area (Å²) >= 11 is 16.2. The van der Waals surface area contributed by atoms with Crippen LogP contribution in [-0.2, 0) is 4.74 Å². The first-order chi connectivity index (χ1) is 13.8. The van der Waals surface area contributed by atoms with Crippen LogP contribution in [0.15, 0.2) is 46.0 Å². The lowest BCUT2D eigenvalue weighted by Crippen LogP contribution is -2.60. The number of hydrogen-bond acceptors (Lipinski definition) is 4. The van der Waals surface area contributed by atoms with Gasteiger partial charge in [-0.1, -0.05) is 45.2 Å². The molecule has 2 aromatic carbocycles. The van der Waals surface area contributed by atoms with Crippen LogP contribution in [0.25, 0.3) is 0 Å². The summed E-state index contributed by atoms with van der Waals surface area (Å²) in [6.45, 7) is 4.86. The van der Waals surface area contributed by atoms with Crippen molar-refractivity contribution in [1.82, 2.24) is 5.01 Å². The van der Waals surface area contributed by atoms with E-state index >= 15 is 0 Å². The molecule has 3 aliphatic rings. The number of nitrogens with zero attached hydrogens (tertiary/aromatic N) is 2. The zero-order valence-corrected chi connectivity index (χ0v) is 19.3. The van der Waals surface area contributed by atoms with Gasteiger partial charge in [0, 0.05) is 39.9 Å². The molecule has 0 N–H and O–H groups in total. The van der Waals surface area contributed by atoms with Gasteiger partial charge in [-0.25, -0.2) is 5.01 Å². The highest BCUT2D eigenvalue weighted by molar-refractivity contribution is 9.10. The molecular formula is C22H21BrCl2N2O2. The number of fused-ring (bicyclic) bond motifs is 4. The highest BCUT2D eigenvalue weighted by atomic mass is 79.9. The lowest BCUT2D eigenvalue weighted by Gasteiger charge is -2.52. The highest BCUT2D eigenvalue weighted by Crippen LogP contribution is 2.52. The number of benzene rings is 2. The Kier molecular flexibility index (Phi) is 4.67. The first-order valence-corrected chi connectivity index (χ1v) is 11.3. The van der Waals surface area contributed by atoms with Crippen LogP contribution in [0.3, 0.4) is 0 Å². The van der Waals surface area contributed by atoms with Crippen molar-refractivity contribution in [2.24, 2.45) is 5.10 Å². The largest absolute Gasteiger partial charge is 0.466 e. The standard InChI is InChI=1S/C22H21BrCl2N2O2/c1-21(2)12-22(7-8-28-21)27-19(16-9-13(23)3-6-20(16)29-22)11-18(26-27)15-5-4-14(24)10-17(15)25/h3-6,9-10,19H,7-8,11-12H2,1-2H3/t19-,22+/m0/s1. The molecule has 0 bridgehead atoms. The summed E-state index contributed by atoms with van der Waals surface area (Å²) in [5.74, 6) is 0.922. The molecule has 7 heteroatoms. The van der Waals surface area contributed by atoms with Gasteiger partial charge < -0.3 is 9.47 Å². The summed E-state index contributed by atoms with van der Waals surface area (Å²) in [6, 6.07) is 11.9. The molecule has 0 radical (unpaired) electrons. The van der Waals surface area contributed by atoms with Crippen molar-refractivity contribution in [1.29, 1.82) is 0 Å². The molecule has 29 heavy (non-hydrogen) atoms. The lowest BCUT2D eigenvalue weighted by atomic mass is 9.86. The van der Waals surface area contributed by atoms with Gasteiger partial charge in [0.1, 0.15) is 5.75 Å². The Morgan fingerprint density at radius 3 is 2.76 bits per heavy atom. The van der Waals surface area contributed by atoms with Crippen LogP contribution in [0, 0.1) is 0 Å². The molecule has 1 fully saturated rings. The molecule has 2 aromatic rings. The topological polar surface area (TPSA) is 34.1 Å². The Hall–Kier alpha value is -1.27. The Morgan fingerprint density at radius 2 is 2.00 bits per heavy atom. The van der Waals surface area contributed by atoms with Crippen molar-refractivity contribution in [3.05, 3.63) is 62.0 Å². The van der Waals surface area contributed by atoms with Crippen LogP contribution in [0.1, 0.15) is 50.3 Å². The fourth-order valence-corrected chi connectivity index (χ4v) is 5.61. The minimum atomic E-state index is -0.534. The maximum absolute atomic E-state index is 6.66. The van der Waals surface area contributed by atoms with Crippen LogP contribution < -0.4 is 4.74 Å². The van der Waals surface area contributed by atoms with Crippen molar-refractivity contribution in [2.45, 2.75) is 50.5 Å². The molecule has 0 saturated carbocycles. The molecule has 2 atom stereocenters. The minimum Gasteiger partial charge on any atom is -0.466 e. The van der Waals surface area contributed by atoms with Gasteiger partial charge in [0.15, 0.2) is 0 Å². The monoisotopic (exact) mass is 494 g/mol. The summed E-state index contributed by atoms with van der Waals surface area (Å²) in [4.78, 5) is 0. The molecule has 1 spiro atoms. The van der Waals surface area contributed by atoms with Crippen molar-refractivity contribution in [3.8, 4) is 5.75 Å². The molecule has 152 valence electrons. The Bertz CT molecular complexity index is 1030. The van der Waals surface area contributed by atoms with Crippen LogP contribution in [0.5, 0.6) is 5.75 Å². The smallest absolute Gasteiger partial charge is 0.203 e. The van der Waals surface area contributed by atoms with Crippen LogP contribution in [0.2, 0.25) is 10.0 Å². The van der Waals surface area contributed by atoms with Crippen LogP contribution in [0.4, 0.5) is 0 Å². The van der Waals surface area contributed by atoms with Crippen LogP contribution >= 0.6 is 39.1 Å². The average Bonchev–Trinajstić information content (AvgIpc) is 3.08. The molecule has 0 aliphatic carbocycles. The Labute approximate surface area is 188 Å². The maximum Gasteiger partial charge on any atom is 0.203 e. The SMILES string of the molecule is CC1(C)C[C@@]2(CCO1)Oc1ccc(Br)cc1[C@@H]1CC(c3ccc(Cl)cc3Cl)=NN12. The van der Waals surface area contributed by atoms with E-state index in [1.807, 2.05) is 24.3 Å². The number of ether oxygens (including phenoxy) is 2. The van der Waals surface area contributed by atoms with Gasteiger partial charge in [-0.3, -0.25) is 0 Å². The van der Waals surface area contributed by atoms with E-state index in [2.05, 4.69) is 40.9 Å². The quantitative estimate of drug-likeness (QED) is 0.447. The third-order valence-electron chi connectivity index (χ3n) is 5.89. The van der Waals surface area contributed by atoms with E-state index in [-0.39, 0.29) is 11.6 Å². The summed E-state index contributed by atoms with van der Waals surface area (Å²) in [5.41, 5.74) is 2.19. The number of rotatable bonds is 1. The summed E-state index contributed by atoms with van der Waals surface area (Å²) in [6.07, 6.45) is 2.25. The van der Waals surface area contributed by atoms with E-state index in [0.29, 0.717) is 16.7 Å². The number of hydrazone groups is 1.